The molecule has 0 aromatic carbocycles. The van der Waals surface area contributed by atoms with Gasteiger partial charge in [0.05, 0.1) is 5.75 Å². The predicted molar refractivity (Wildman–Crippen MR) is 54.4 cm³/mol. The summed E-state index contributed by atoms with van der Waals surface area (Å²) in [6.45, 7) is 1.53. The minimum atomic E-state index is -3.38. The average molecular weight is 275 g/mol. The van der Waals surface area contributed by atoms with Crippen LogP contribution < -0.4 is 0 Å². The molecular formula is C8H7BrN2O2S. The lowest BCUT2D eigenvalue weighted by molar-refractivity contribution is 0.596. The maximum atomic E-state index is 11.5. The van der Waals surface area contributed by atoms with Crippen LogP contribution in [0, 0.1) is 11.3 Å². The predicted octanol–water partition coefficient (Wildman–Crippen LogP) is 1.51. The molecule has 1 rings (SSSR count). The van der Waals surface area contributed by atoms with Crippen LogP contribution in [0.4, 0.5) is 0 Å². The first-order chi connectivity index (χ1) is 6.51. The maximum absolute atomic E-state index is 11.5. The molecule has 74 valence electrons. The minimum absolute atomic E-state index is 0.0168. The van der Waals surface area contributed by atoms with Crippen molar-refractivity contribution in [3.63, 3.8) is 0 Å². The summed E-state index contributed by atoms with van der Waals surface area (Å²) in [6, 6.07) is 3.15. The van der Waals surface area contributed by atoms with Gasteiger partial charge in [-0.05, 0) is 22.0 Å². The number of rotatable bonds is 2. The lowest BCUT2D eigenvalue weighted by Gasteiger charge is -2.02. The molecule has 0 unspecified atom stereocenters. The Balaban J connectivity index is 3.49. The quantitative estimate of drug-likeness (QED) is 0.820. The highest BCUT2D eigenvalue weighted by atomic mass is 79.9. The minimum Gasteiger partial charge on any atom is -0.243 e. The molecule has 1 aromatic heterocycles. The molecule has 0 fully saturated rings. The van der Waals surface area contributed by atoms with E-state index in [0.717, 1.165) is 0 Å². The normalized spacial score (nSPS) is 10.9. The Hall–Kier alpha value is -0.930. The van der Waals surface area contributed by atoms with E-state index < -0.39 is 9.84 Å². The number of nitriles is 1. The lowest BCUT2D eigenvalue weighted by atomic mass is 10.4. The van der Waals surface area contributed by atoms with Crippen LogP contribution >= 0.6 is 15.9 Å². The summed E-state index contributed by atoms with van der Waals surface area (Å²) in [5.74, 6) is -0.0419. The first-order valence-electron chi connectivity index (χ1n) is 3.79. The molecule has 4 nitrogen and oxygen atoms in total. The summed E-state index contributed by atoms with van der Waals surface area (Å²) in [5.41, 5.74) is -0.0601. The Morgan fingerprint density at radius 2 is 2.29 bits per heavy atom. The van der Waals surface area contributed by atoms with Gasteiger partial charge in [0.15, 0.2) is 15.5 Å². The van der Waals surface area contributed by atoms with Crippen molar-refractivity contribution >= 4 is 25.8 Å². The van der Waals surface area contributed by atoms with Crippen LogP contribution in [0.5, 0.6) is 0 Å². The van der Waals surface area contributed by atoms with Crippen molar-refractivity contribution in [2.24, 2.45) is 0 Å². The van der Waals surface area contributed by atoms with Gasteiger partial charge >= 0.3 is 0 Å². The fourth-order valence-electron chi connectivity index (χ4n) is 0.897. The second-order valence-corrected chi connectivity index (χ2v) is 5.68. The molecule has 0 atom stereocenters. The van der Waals surface area contributed by atoms with Gasteiger partial charge < -0.3 is 0 Å². The van der Waals surface area contributed by atoms with Crippen molar-refractivity contribution in [2.75, 3.05) is 5.75 Å². The second kappa shape index (κ2) is 4.07. The van der Waals surface area contributed by atoms with Crippen LogP contribution in [0.3, 0.4) is 0 Å². The third-order valence-corrected chi connectivity index (χ3v) is 3.82. The zero-order valence-corrected chi connectivity index (χ0v) is 9.76. The van der Waals surface area contributed by atoms with Crippen molar-refractivity contribution < 1.29 is 8.42 Å². The molecule has 0 aliphatic carbocycles. The first kappa shape index (κ1) is 11.1. The van der Waals surface area contributed by atoms with Crippen LogP contribution in [0.25, 0.3) is 0 Å². The largest absolute Gasteiger partial charge is 0.243 e. The Kier molecular flexibility index (Phi) is 3.24. The standard InChI is InChI=1S/C8H7BrN2O2S/c1-2-14(12,13)8-3-6(9)5-11-7(8)4-10/h3,5H,2H2,1H3. The van der Waals surface area contributed by atoms with Gasteiger partial charge in [0.25, 0.3) is 0 Å². The van der Waals surface area contributed by atoms with E-state index in [1.54, 1.807) is 6.07 Å². The fourth-order valence-corrected chi connectivity index (χ4v) is 2.39. The van der Waals surface area contributed by atoms with E-state index in [9.17, 15) is 8.42 Å². The van der Waals surface area contributed by atoms with Gasteiger partial charge in [-0.25, -0.2) is 13.4 Å². The SMILES string of the molecule is CCS(=O)(=O)c1cc(Br)cnc1C#N. The Morgan fingerprint density at radius 1 is 1.64 bits per heavy atom. The first-order valence-corrected chi connectivity index (χ1v) is 6.24. The zero-order chi connectivity index (χ0) is 10.8. The van der Waals surface area contributed by atoms with Gasteiger partial charge in [0, 0.05) is 10.7 Å². The van der Waals surface area contributed by atoms with Crippen LogP contribution in [0.1, 0.15) is 12.6 Å². The van der Waals surface area contributed by atoms with E-state index in [1.807, 2.05) is 0 Å². The average Bonchev–Trinajstić information content (AvgIpc) is 2.18. The highest BCUT2D eigenvalue weighted by Gasteiger charge is 2.17. The zero-order valence-electron chi connectivity index (χ0n) is 7.36. The fraction of sp³-hybridized carbons (Fsp3) is 0.250. The summed E-state index contributed by atoms with van der Waals surface area (Å²) in [6.07, 6.45) is 1.40. The van der Waals surface area contributed by atoms with Crippen LogP contribution in [-0.4, -0.2) is 19.2 Å². The Morgan fingerprint density at radius 3 is 2.79 bits per heavy atom. The van der Waals surface area contributed by atoms with E-state index in [-0.39, 0.29) is 16.3 Å². The summed E-state index contributed by atoms with van der Waals surface area (Å²) < 4.78 is 23.6. The van der Waals surface area contributed by atoms with Crippen molar-refractivity contribution in [3.8, 4) is 6.07 Å². The molecule has 1 aromatic rings. The number of hydrogen-bond donors (Lipinski definition) is 0. The molecule has 0 bridgehead atoms. The van der Waals surface area contributed by atoms with Gasteiger partial charge in [-0.15, -0.1) is 0 Å². The molecule has 0 saturated carbocycles. The highest BCUT2D eigenvalue weighted by Crippen LogP contribution is 2.19. The Bertz CT molecular complexity index is 491. The van der Waals surface area contributed by atoms with E-state index in [1.165, 1.54) is 19.2 Å². The maximum Gasteiger partial charge on any atom is 0.181 e. The van der Waals surface area contributed by atoms with Gasteiger partial charge in [-0.2, -0.15) is 5.26 Å². The third-order valence-electron chi connectivity index (χ3n) is 1.64. The number of pyridine rings is 1. The number of halogens is 1. The molecule has 0 amide bonds. The molecule has 0 spiro atoms. The Labute approximate surface area is 90.6 Å². The van der Waals surface area contributed by atoms with Crippen LogP contribution in [0.2, 0.25) is 0 Å². The van der Waals surface area contributed by atoms with Crippen molar-refractivity contribution in [2.45, 2.75) is 11.8 Å². The van der Waals surface area contributed by atoms with Crippen LogP contribution in [-0.2, 0) is 9.84 Å². The van der Waals surface area contributed by atoms with Gasteiger partial charge in [-0.3, -0.25) is 0 Å². The molecule has 0 N–H and O–H groups in total. The lowest BCUT2D eigenvalue weighted by Crippen LogP contribution is -2.07. The third kappa shape index (κ3) is 2.11. The molecular weight excluding hydrogens is 268 g/mol. The monoisotopic (exact) mass is 274 g/mol. The molecule has 1 heterocycles. The summed E-state index contributed by atoms with van der Waals surface area (Å²) in [7, 11) is -3.38. The number of sulfone groups is 1. The van der Waals surface area contributed by atoms with Crippen LogP contribution in [0.15, 0.2) is 21.6 Å². The van der Waals surface area contributed by atoms with E-state index in [2.05, 4.69) is 20.9 Å². The second-order valence-electron chi connectivity index (χ2n) is 2.52. The molecule has 0 aliphatic rings. The number of aromatic nitrogens is 1. The molecule has 0 saturated heterocycles. The van der Waals surface area contributed by atoms with E-state index >= 15 is 0 Å². The van der Waals surface area contributed by atoms with E-state index in [0.29, 0.717) is 4.47 Å². The highest BCUT2D eigenvalue weighted by molar-refractivity contribution is 9.10. The molecule has 0 radical (unpaired) electrons. The molecule has 6 heteroatoms. The number of nitrogens with zero attached hydrogens (tertiary/aromatic N) is 2. The van der Waals surface area contributed by atoms with Gasteiger partial charge in [-0.1, -0.05) is 6.92 Å². The number of hydrogen-bond acceptors (Lipinski definition) is 4. The van der Waals surface area contributed by atoms with Crippen molar-refractivity contribution in [1.82, 2.24) is 4.98 Å². The summed E-state index contributed by atoms with van der Waals surface area (Å²) in [4.78, 5) is 3.71. The topological polar surface area (TPSA) is 70.8 Å². The summed E-state index contributed by atoms with van der Waals surface area (Å²) in [5, 5.41) is 8.68. The van der Waals surface area contributed by atoms with Crippen molar-refractivity contribution in [1.29, 1.82) is 5.26 Å². The van der Waals surface area contributed by atoms with Crippen molar-refractivity contribution in [3.05, 3.63) is 22.4 Å². The van der Waals surface area contributed by atoms with Gasteiger partial charge in [0.1, 0.15) is 11.0 Å². The molecule has 14 heavy (non-hydrogen) atoms. The summed E-state index contributed by atoms with van der Waals surface area (Å²) >= 11 is 3.11. The smallest absolute Gasteiger partial charge is 0.181 e. The van der Waals surface area contributed by atoms with Gasteiger partial charge in [0.2, 0.25) is 0 Å². The molecule has 0 aliphatic heterocycles. The van der Waals surface area contributed by atoms with E-state index in [4.69, 9.17) is 5.26 Å².